The molecule has 0 bridgehead atoms. The number of nitrogens with one attached hydrogen (secondary N) is 1. The van der Waals surface area contributed by atoms with E-state index in [0.29, 0.717) is 5.75 Å². The molecule has 2 nitrogen and oxygen atoms in total. The Hall–Kier alpha value is -1.44. The van der Waals surface area contributed by atoms with Crippen LogP contribution in [0.5, 0.6) is 5.75 Å². The summed E-state index contributed by atoms with van der Waals surface area (Å²) in [6.07, 6.45) is 1.74. The first kappa shape index (κ1) is 6.28. The van der Waals surface area contributed by atoms with Crippen molar-refractivity contribution in [3.05, 3.63) is 30.0 Å². The fourth-order valence-electron chi connectivity index (χ4n) is 1.13. The highest BCUT2D eigenvalue weighted by atomic mass is 16.3. The minimum absolute atomic E-state index is 0.327. The summed E-state index contributed by atoms with van der Waals surface area (Å²) in [5.74, 6) is 0.327. The van der Waals surface area contributed by atoms with Gasteiger partial charge in [-0.2, -0.15) is 0 Å². The SMILES string of the molecule is Cc1cc2[nH]c[c]c2cc1O. The second-order valence-electron chi connectivity index (χ2n) is 2.62. The van der Waals surface area contributed by atoms with Crippen LogP contribution in [0.3, 0.4) is 0 Å². The van der Waals surface area contributed by atoms with Crippen LogP contribution < -0.4 is 0 Å². The fraction of sp³-hybridized carbons (Fsp3) is 0.111. The van der Waals surface area contributed by atoms with Crippen molar-refractivity contribution in [2.24, 2.45) is 0 Å². The van der Waals surface area contributed by atoms with Gasteiger partial charge in [-0.25, -0.2) is 0 Å². The summed E-state index contributed by atoms with van der Waals surface area (Å²) < 4.78 is 0. The van der Waals surface area contributed by atoms with E-state index in [9.17, 15) is 5.11 Å². The van der Waals surface area contributed by atoms with Crippen LogP contribution in [0.1, 0.15) is 5.56 Å². The molecule has 0 saturated heterocycles. The number of fused-ring (bicyclic) bond motifs is 1. The third kappa shape index (κ3) is 0.871. The lowest BCUT2D eigenvalue weighted by molar-refractivity contribution is 0.472. The highest BCUT2D eigenvalue weighted by molar-refractivity contribution is 5.81. The molecule has 0 aliphatic heterocycles. The molecule has 1 aromatic carbocycles. The van der Waals surface area contributed by atoms with E-state index >= 15 is 0 Å². The number of aromatic amines is 1. The number of phenols is 1. The van der Waals surface area contributed by atoms with Crippen LogP contribution in [-0.4, -0.2) is 10.1 Å². The number of H-pyrrole nitrogens is 1. The van der Waals surface area contributed by atoms with Gasteiger partial charge in [-0.1, -0.05) is 0 Å². The number of hydrogen-bond donors (Lipinski definition) is 2. The van der Waals surface area contributed by atoms with Crippen LogP contribution in [-0.2, 0) is 0 Å². The topological polar surface area (TPSA) is 36.0 Å². The van der Waals surface area contributed by atoms with Crippen molar-refractivity contribution in [2.75, 3.05) is 0 Å². The molecular formula is C9H8NO. The number of aryl methyl sites for hydroxylation is 1. The molecule has 0 unspecified atom stereocenters. The summed E-state index contributed by atoms with van der Waals surface area (Å²) >= 11 is 0. The summed E-state index contributed by atoms with van der Waals surface area (Å²) in [5, 5.41) is 10.2. The third-order valence-electron chi connectivity index (χ3n) is 1.79. The van der Waals surface area contributed by atoms with Crippen LogP contribution in [0.15, 0.2) is 18.3 Å². The van der Waals surface area contributed by atoms with E-state index < -0.39 is 0 Å². The molecule has 2 N–H and O–H groups in total. The maximum atomic E-state index is 9.30. The van der Waals surface area contributed by atoms with Gasteiger partial charge in [-0.15, -0.1) is 0 Å². The van der Waals surface area contributed by atoms with E-state index in [2.05, 4.69) is 11.1 Å². The average molecular weight is 146 g/mol. The summed E-state index contributed by atoms with van der Waals surface area (Å²) in [5.41, 5.74) is 1.90. The standard InChI is InChI=1S/C9H8NO/c1-6-4-8-7(2-3-10-8)5-9(6)11/h3-5,10-11H,1H3. The first-order chi connectivity index (χ1) is 5.27. The zero-order valence-electron chi connectivity index (χ0n) is 6.18. The van der Waals surface area contributed by atoms with E-state index in [-0.39, 0.29) is 0 Å². The highest BCUT2D eigenvalue weighted by Gasteiger charge is 1.99. The Kier molecular flexibility index (Phi) is 1.15. The summed E-state index contributed by atoms with van der Waals surface area (Å²) in [6.45, 7) is 1.87. The summed E-state index contributed by atoms with van der Waals surface area (Å²) in [7, 11) is 0. The molecule has 0 fully saturated rings. The monoisotopic (exact) mass is 146 g/mol. The van der Waals surface area contributed by atoms with Crippen LogP contribution in [0.4, 0.5) is 0 Å². The van der Waals surface area contributed by atoms with Crippen LogP contribution in [0.2, 0.25) is 0 Å². The summed E-state index contributed by atoms with van der Waals surface area (Å²) in [4.78, 5) is 3.02. The van der Waals surface area contributed by atoms with E-state index in [1.807, 2.05) is 13.0 Å². The lowest BCUT2D eigenvalue weighted by Gasteiger charge is -1.96. The Morgan fingerprint density at radius 1 is 1.45 bits per heavy atom. The van der Waals surface area contributed by atoms with E-state index in [1.165, 1.54) is 0 Å². The second-order valence-corrected chi connectivity index (χ2v) is 2.62. The van der Waals surface area contributed by atoms with E-state index in [0.717, 1.165) is 16.5 Å². The van der Waals surface area contributed by atoms with Crippen LogP contribution in [0, 0.1) is 13.0 Å². The maximum Gasteiger partial charge on any atom is 0.119 e. The molecule has 1 heterocycles. The Labute approximate surface area is 64.5 Å². The molecule has 1 radical (unpaired) electrons. The number of rotatable bonds is 0. The zero-order chi connectivity index (χ0) is 7.84. The number of phenolic OH excluding ortho intramolecular Hbond substituents is 1. The largest absolute Gasteiger partial charge is 0.508 e. The molecular weight excluding hydrogens is 138 g/mol. The quantitative estimate of drug-likeness (QED) is 0.585. The molecule has 55 valence electrons. The Balaban J connectivity index is 2.86. The normalized spacial score (nSPS) is 10.6. The molecule has 0 spiro atoms. The van der Waals surface area contributed by atoms with Crippen molar-refractivity contribution >= 4 is 10.9 Å². The average Bonchev–Trinajstić information content (AvgIpc) is 2.36. The molecule has 0 aliphatic carbocycles. The Morgan fingerprint density at radius 2 is 2.27 bits per heavy atom. The van der Waals surface area contributed by atoms with Gasteiger partial charge in [0.05, 0.1) is 0 Å². The Morgan fingerprint density at radius 3 is 3.09 bits per heavy atom. The predicted octanol–water partition coefficient (Wildman–Crippen LogP) is 1.98. The van der Waals surface area contributed by atoms with E-state index in [4.69, 9.17) is 0 Å². The maximum absolute atomic E-state index is 9.30. The van der Waals surface area contributed by atoms with Crippen LogP contribution in [0.25, 0.3) is 10.9 Å². The molecule has 0 aliphatic rings. The number of hydrogen-bond acceptors (Lipinski definition) is 1. The van der Waals surface area contributed by atoms with Crippen molar-refractivity contribution < 1.29 is 5.11 Å². The third-order valence-corrected chi connectivity index (χ3v) is 1.79. The van der Waals surface area contributed by atoms with Crippen molar-refractivity contribution in [3.8, 4) is 5.75 Å². The molecule has 2 heteroatoms. The minimum atomic E-state index is 0.327. The molecule has 2 rings (SSSR count). The van der Waals surface area contributed by atoms with Gasteiger partial charge in [-0.05, 0) is 24.6 Å². The molecule has 0 saturated carbocycles. The van der Waals surface area contributed by atoms with Gasteiger partial charge in [0, 0.05) is 23.2 Å². The summed E-state index contributed by atoms with van der Waals surface area (Å²) in [6, 6.07) is 6.59. The molecule has 0 atom stereocenters. The lowest BCUT2D eigenvalue weighted by atomic mass is 10.2. The van der Waals surface area contributed by atoms with Gasteiger partial charge in [-0.3, -0.25) is 0 Å². The highest BCUT2D eigenvalue weighted by Crippen LogP contribution is 2.22. The molecule has 1 aromatic heterocycles. The smallest absolute Gasteiger partial charge is 0.119 e. The van der Waals surface area contributed by atoms with Gasteiger partial charge in [0.1, 0.15) is 5.75 Å². The van der Waals surface area contributed by atoms with E-state index in [1.54, 1.807) is 12.3 Å². The second kappa shape index (κ2) is 2.02. The predicted molar refractivity (Wildman–Crippen MR) is 43.5 cm³/mol. The van der Waals surface area contributed by atoms with Gasteiger partial charge >= 0.3 is 0 Å². The molecule has 0 amide bonds. The zero-order valence-corrected chi connectivity index (χ0v) is 6.18. The first-order valence-electron chi connectivity index (χ1n) is 3.46. The molecule has 11 heavy (non-hydrogen) atoms. The Bertz CT molecular complexity index is 353. The van der Waals surface area contributed by atoms with Gasteiger partial charge in [0.25, 0.3) is 0 Å². The lowest BCUT2D eigenvalue weighted by Crippen LogP contribution is -1.74. The fourth-order valence-corrected chi connectivity index (χ4v) is 1.13. The minimum Gasteiger partial charge on any atom is -0.508 e. The van der Waals surface area contributed by atoms with Crippen molar-refractivity contribution in [1.82, 2.24) is 4.98 Å². The van der Waals surface area contributed by atoms with Gasteiger partial charge < -0.3 is 10.1 Å². The van der Waals surface area contributed by atoms with Crippen molar-refractivity contribution in [1.29, 1.82) is 0 Å². The number of aromatic hydroxyl groups is 1. The molecule has 2 aromatic rings. The van der Waals surface area contributed by atoms with Gasteiger partial charge in [0.2, 0.25) is 0 Å². The number of aromatic nitrogens is 1. The van der Waals surface area contributed by atoms with Crippen LogP contribution >= 0.6 is 0 Å². The van der Waals surface area contributed by atoms with Gasteiger partial charge in [0.15, 0.2) is 0 Å². The van der Waals surface area contributed by atoms with Crippen molar-refractivity contribution in [3.63, 3.8) is 0 Å². The van der Waals surface area contributed by atoms with Crippen molar-refractivity contribution in [2.45, 2.75) is 6.92 Å². The first-order valence-corrected chi connectivity index (χ1v) is 3.46. The number of benzene rings is 1.